The molecule has 2 aromatic carbocycles. The Balaban J connectivity index is 0.953. The molecule has 12 heteroatoms. The number of esters is 2. The summed E-state index contributed by atoms with van der Waals surface area (Å²) >= 11 is 0. The molecule has 2 heterocycles. The molecule has 1 unspecified atom stereocenters. The zero-order valence-corrected chi connectivity index (χ0v) is 35.2. The highest BCUT2D eigenvalue weighted by molar-refractivity contribution is 5.95. The Morgan fingerprint density at radius 2 is 1.78 bits per heavy atom. The molecule has 4 fully saturated rings. The number of hydrogen-bond donors (Lipinski definition) is 3. The van der Waals surface area contributed by atoms with Gasteiger partial charge in [-0.2, -0.15) is 0 Å². The highest BCUT2D eigenvalue weighted by Crippen LogP contribution is 2.59. The van der Waals surface area contributed by atoms with Crippen LogP contribution in [0.2, 0.25) is 0 Å². The number of hydrogen-bond acceptors (Lipinski definition) is 10. The standard InChI is InChI=1S/C47H60N2O10/c1-45(2,3)59-40(51)16-14-34(26-50)49-43(53)31-11-8-10-29(21-31)25-48-42(52)33-22-37-41(56-27-55-37)38(23-33)57-44(54)32-12-7-9-28(20-32)19-30-13-15-39-47(6,58-39)18-17-36-35(30)24-46(36,4)5/h7-12,19-22,34-39,41,50H,13-18,23-27H2,1-6H3,(H,48,52)(H,49,53)/t34-,35+,36+,37+,38+,39?,41+,47+/m0/s1. The van der Waals surface area contributed by atoms with Gasteiger partial charge in [0.1, 0.15) is 30.7 Å². The molecule has 2 saturated heterocycles. The predicted octanol–water partition coefficient (Wildman–Crippen LogP) is 6.59. The first kappa shape index (κ1) is 42.8. The van der Waals surface area contributed by atoms with Gasteiger partial charge in [0.15, 0.2) is 0 Å². The van der Waals surface area contributed by atoms with E-state index >= 15 is 0 Å². The van der Waals surface area contributed by atoms with E-state index < -0.39 is 47.8 Å². The normalized spacial score (nSPS) is 29.4. The lowest BCUT2D eigenvalue weighted by molar-refractivity contribution is -0.155. The van der Waals surface area contributed by atoms with Crippen molar-refractivity contribution in [3.05, 3.63) is 88.0 Å². The first-order valence-electron chi connectivity index (χ1n) is 21.1. The molecule has 3 aliphatic carbocycles. The number of ether oxygens (including phenoxy) is 5. The Bertz CT molecular complexity index is 1980. The third-order valence-electron chi connectivity index (χ3n) is 12.7. The minimum absolute atomic E-state index is 0.0169. The van der Waals surface area contributed by atoms with Crippen LogP contribution in [-0.4, -0.2) is 83.9 Å². The van der Waals surface area contributed by atoms with Gasteiger partial charge in [0.05, 0.1) is 29.9 Å². The summed E-state index contributed by atoms with van der Waals surface area (Å²) < 4.78 is 29.2. The first-order chi connectivity index (χ1) is 28.0. The first-order valence-corrected chi connectivity index (χ1v) is 21.1. The zero-order valence-electron chi connectivity index (χ0n) is 35.2. The second-order valence-electron chi connectivity index (χ2n) is 18.8. The van der Waals surface area contributed by atoms with Crippen LogP contribution in [0.15, 0.2) is 65.8 Å². The maximum Gasteiger partial charge on any atom is 0.338 e. The van der Waals surface area contributed by atoms with Gasteiger partial charge in [-0.1, -0.05) is 49.8 Å². The molecule has 2 aromatic rings. The van der Waals surface area contributed by atoms with E-state index in [9.17, 15) is 24.3 Å². The fraction of sp³-hybridized carbons (Fsp3) is 0.574. The van der Waals surface area contributed by atoms with Crippen molar-refractivity contribution in [2.45, 2.75) is 141 Å². The van der Waals surface area contributed by atoms with Crippen LogP contribution >= 0.6 is 0 Å². The molecule has 0 spiro atoms. The number of allylic oxidation sites excluding steroid dienone is 1. The molecule has 5 aliphatic rings. The van der Waals surface area contributed by atoms with Crippen LogP contribution in [0, 0.1) is 17.3 Å². The van der Waals surface area contributed by atoms with E-state index in [1.807, 2.05) is 18.2 Å². The fourth-order valence-electron chi connectivity index (χ4n) is 9.39. The molecule has 318 valence electrons. The van der Waals surface area contributed by atoms with Crippen molar-refractivity contribution in [1.82, 2.24) is 10.6 Å². The second kappa shape index (κ2) is 17.3. The Kier molecular flexibility index (Phi) is 12.5. The molecule has 0 aromatic heterocycles. The van der Waals surface area contributed by atoms with Crippen molar-refractivity contribution in [2.75, 3.05) is 13.4 Å². The average molecular weight is 813 g/mol. The molecule has 2 aliphatic heterocycles. The number of epoxide rings is 1. The Labute approximate surface area is 347 Å². The summed E-state index contributed by atoms with van der Waals surface area (Å²) in [6.45, 7) is 12.2. The van der Waals surface area contributed by atoms with Gasteiger partial charge < -0.3 is 39.4 Å². The number of carbonyl (C=O) groups excluding carboxylic acids is 4. The van der Waals surface area contributed by atoms with Gasteiger partial charge in [0, 0.05) is 30.5 Å². The van der Waals surface area contributed by atoms with Crippen molar-refractivity contribution >= 4 is 29.8 Å². The number of nitrogens with one attached hydrogen (secondary N) is 2. The number of benzene rings is 2. The molecular weight excluding hydrogens is 753 g/mol. The van der Waals surface area contributed by atoms with Crippen LogP contribution in [0.4, 0.5) is 0 Å². The fourth-order valence-corrected chi connectivity index (χ4v) is 9.39. The molecule has 59 heavy (non-hydrogen) atoms. The van der Waals surface area contributed by atoms with Crippen LogP contribution in [-0.2, 0) is 39.8 Å². The average Bonchev–Trinajstić information content (AvgIpc) is 3.56. The highest BCUT2D eigenvalue weighted by atomic mass is 16.7. The molecule has 3 N–H and O–H groups in total. The van der Waals surface area contributed by atoms with Crippen molar-refractivity contribution in [2.24, 2.45) is 17.3 Å². The monoisotopic (exact) mass is 812 g/mol. The summed E-state index contributed by atoms with van der Waals surface area (Å²) in [5.74, 6) is -0.521. The van der Waals surface area contributed by atoms with E-state index in [0.717, 1.165) is 31.2 Å². The molecule has 0 radical (unpaired) electrons. The van der Waals surface area contributed by atoms with E-state index in [0.29, 0.717) is 45.6 Å². The molecule has 2 amide bonds. The molecule has 7 rings (SSSR count). The van der Waals surface area contributed by atoms with E-state index in [4.69, 9.17) is 23.7 Å². The molecule has 0 bridgehead atoms. The number of carbonyl (C=O) groups is 4. The highest BCUT2D eigenvalue weighted by Gasteiger charge is 2.56. The SMILES string of the molecule is CC(C)(C)OC(=O)CC[C@@H](CO)NC(=O)c1cccc(CNC(=O)C2=C[C@H]3OCO[C@H]3[C@H](OC(=O)c3cccc(C=C4CCC5O[C@]5(C)CC[C@@H]5[C@@H]4CC5(C)C)c3)C2)c1. The summed E-state index contributed by atoms with van der Waals surface area (Å²) in [5.41, 5.74) is 3.95. The second-order valence-corrected chi connectivity index (χ2v) is 18.8. The number of aliphatic hydroxyl groups is 1. The van der Waals surface area contributed by atoms with Gasteiger partial charge in [0.2, 0.25) is 5.91 Å². The van der Waals surface area contributed by atoms with Gasteiger partial charge in [0.25, 0.3) is 5.91 Å². The summed E-state index contributed by atoms with van der Waals surface area (Å²) in [4.78, 5) is 52.5. The Morgan fingerprint density at radius 3 is 2.54 bits per heavy atom. The van der Waals surface area contributed by atoms with E-state index in [1.54, 1.807) is 57.2 Å². The van der Waals surface area contributed by atoms with Crippen LogP contribution in [0.3, 0.4) is 0 Å². The third kappa shape index (κ3) is 10.3. The van der Waals surface area contributed by atoms with E-state index in [1.165, 1.54) is 12.0 Å². The number of rotatable bonds is 12. The van der Waals surface area contributed by atoms with Gasteiger partial charge in [-0.05, 0) is 125 Å². The van der Waals surface area contributed by atoms with Crippen molar-refractivity contribution in [3.8, 4) is 0 Å². The smallest absolute Gasteiger partial charge is 0.338 e. The summed E-state index contributed by atoms with van der Waals surface area (Å²) in [6.07, 6.45) is 8.30. The Hall–Kier alpha value is -4.36. The largest absolute Gasteiger partial charge is 0.460 e. The van der Waals surface area contributed by atoms with Gasteiger partial charge in [-0.15, -0.1) is 0 Å². The van der Waals surface area contributed by atoms with Gasteiger partial charge >= 0.3 is 11.9 Å². The quantitative estimate of drug-likeness (QED) is 0.158. The van der Waals surface area contributed by atoms with Crippen LogP contribution in [0.5, 0.6) is 0 Å². The minimum Gasteiger partial charge on any atom is -0.460 e. The summed E-state index contributed by atoms with van der Waals surface area (Å²) in [7, 11) is 0. The summed E-state index contributed by atoms with van der Waals surface area (Å²) in [6, 6.07) is 13.7. The molecule has 2 saturated carbocycles. The topological polar surface area (TPSA) is 162 Å². The van der Waals surface area contributed by atoms with Crippen molar-refractivity contribution in [3.63, 3.8) is 0 Å². The van der Waals surface area contributed by atoms with Crippen LogP contribution in [0.1, 0.15) is 125 Å². The zero-order chi connectivity index (χ0) is 42.1. The maximum absolute atomic E-state index is 13.7. The van der Waals surface area contributed by atoms with Crippen molar-refractivity contribution in [1.29, 1.82) is 0 Å². The van der Waals surface area contributed by atoms with E-state index in [-0.39, 0.29) is 50.7 Å². The minimum atomic E-state index is -0.746. The van der Waals surface area contributed by atoms with E-state index in [2.05, 4.69) is 37.5 Å². The number of aliphatic hydroxyl groups excluding tert-OH is 1. The lowest BCUT2D eigenvalue weighted by Gasteiger charge is -2.53. The van der Waals surface area contributed by atoms with Gasteiger partial charge in [-0.3, -0.25) is 14.4 Å². The van der Waals surface area contributed by atoms with Crippen LogP contribution < -0.4 is 10.6 Å². The number of amides is 2. The van der Waals surface area contributed by atoms with Crippen molar-refractivity contribution < 1.29 is 48.0 Å². The Morgan fingerprint density at radius 1 is 1.00 bits per heavy atom. The van der Waals surface area contributed by atoms with Gasteiger partial charge in [-0.25, -0.2) is 4.79 Å². The molecule has 12 nitrogen and oxygen atoms in total. The molecular formula is C47H60N2O10. The third-order valence-corrected chi connectivity index (χ3v) is 12.7. The maximum atomic E-state index is 13.7. The lowest BCUT2D eigenvalue weighted by Crippen LogP contribution is -2.45. The van der Waals surface area contributed by atoms with Crippen LogP contribution in [0.25, 0.3) is 6.08 Å². The lowest BCUT2D eigenvalue weighted by atomic mass is 9.52. The summed E-state index contributed by atoms with van der Waals surface area (Å²) in [5, 5.41) is 15.5. The predicted molar refractivity (Wildman–Crippen MR) is 220 cm³/mol. The molecule has 8 atom stereocenters. The number of fused-ring (bicyclic) bond motifs is 3.